The van der Waals surface area contributed by atoms with Gasteiger partial charge in [-0.3, -0.25) is 4.79 Å². The molecule has 1 aliphatic heterocycles. The molecule has 0 aromatic heterocycles. The molecule has 1 aromatic rings. The summed E-state index contributed by atoms with van der Waals surface area (Å²) in [5.74, 6) is 0.450. The fraction of sp³-hybridized carbons (Fsp3) is 0.364. The van der Waals surface area contributed by atoms with Crippen molar-refractivity contribution in [1.29, 1.82) is 0 Å². The molecule has 1 N–H and O–H groups in total. The normalized spacial score (nSPS) is 14.0. The Morgan fingerprint density at radius 2 is 2.12 bits per heavy atom. The zero-order chi connectivity index (χ0) is 11.7. The standard InChI is InChI=1S/C11H12O5/c1-14-8-5-7-9(6(12)3-4-16-7)11(15-2)10(8)13/h5,13H,3-4H2,1-2H3. The lowest BCUT2D eigenvalue weighted by Crippen LogP contribution is -2.16. The smallest absolute Gasteiger partial charge is 0.201 e. The monoisotopic (exact) mass is 224 g/mol. The number of hydrogen-bond donors (Lipinski definition) is 1. The minimum Gasteiger partial charge on any atom is -0.502 e. The first-order chi connectivity index (χ1) is 7.69. The number of phenolic OH excluding ortho intramolecular Hbond substituents is 1. The molecule has 1 heterocycles. The Morgan fingerprint density at radius 3 is 2.75 bits per heavy atom. The third-order valence-electron chi connectivity index (χ3n) is 2.47. The number of carbonyl (C=O) groups is 1. The van der Waals surface area contributed by atoms with E-state index in [0.29, 0.717) is 12.4 Å². The van der Waals surface area contributed by atoms with Crippen molar-refractivity contribution in [2.75, 3.05) is 20.8 Å². The van der Waals surface area contributed by atoms with E-state index in [1.165, 1.54) is 20.3 Å². The number of benzene rings is 1. The van der Waals surface area contributed by atoms with Crippen LogP contribution in [0.25, 0.3) is 0 Å². The van der Waals surface area contributed by atoms with Gasteiger partial charge in [-0.15, -0.1) is 0 Å². The zero-order valence-electron chi connectivity index (χ0n) is 9.07. The van der Waals surface area contributed by atoms with E-state index in [4.69, 9.17) is 14.2 Å². The molecule has 5 heteroatoms. The minimum atomic E-state index is -0.178. The lowest BCUT2D eigenvalue weighted by Gasteiger charge is -2.20. The molecule has 0 saturated heterocycles. The van der Waals surface area contributed by atoms with Crippen LogP contribution in [0, 0.1) is 0 Å². The van der Waals surface area contributed by atoms with Crippen molar-refractivity contribution in [2.45, 2.75) is 6.42 Å². The lowest BCUT2D eigenvalue weighted by molar-refractivity contribution is 0.0927. The fourth-order valence-electron chi connectivity index (χ4n) is 1.71. The number of hydrogen-bond acceptors (Lipinski definition) is 5. The van der Waals surface area contributed by atoms with Gasteiger partial charge in [0, 0.05) is 12.5 Å². The number of aromatic hydroxyl groups is 1. The maximum atomic E-state index is 11.7. The highest BCUT2D eigenvalue weighted by molar-refractivity contribution is 6.03. The number of phenols is 1. The van der Waals surface area contributed by atoms with E-state index in [2.05, 4.69) is 0 Å². The van der Waals surface area contributed by atoms with Crippen LogP contribution in [0.2, 0.25) is 0 Å². The van der Waals surface area contributed by atoms with Gasteiger partial charge in [0.25, 0.3) is 0 Å². The first-order valence-corrected chi connectivity index (χ1v) is 4.83. The largest absolute Gasteiger partial charge is 0.502 e. The molecular weight excluding hydrogens is 212 g/mol. The molecule has 16 heavy (non-hydrogen) atoms. The van der Waals surface area contributed by atoms with Crippen molar-refractivity contribution < 1.29 is 24.1 Å². The average Bonchev–Trinajstić information content (AvgIpc) is 2.29. The molecule has 0 saturated carbocycles. The molecule has 1 aliphatic rings. The summed E-state index contributed by atoms with van der Waals surface area (Å²) in [6.45, 7) is 0.336. The summed E-state index contributed by atoms with van der Waals surface area (Å²) in [5, 5.41) is 9.80. The SMILES string of the molecule is COc1cc2c(c(OC)c1O)C(=O)CCO2. The highest BCUT2D eigenvalue weighted by atomic mass is 16.5. The van der Waals surface area contributed by atoms with Gasteiger partial charge in [0.15, 0.2) is 17.3 Å². The minimum absolute atomic E-state index is 0.101. The van der Waals surface area contributed by atoms with Gasteiger partial charge in [-0.25, -0.2) is 0 Å². The average molecular weight is 224 g/mol. The maximum absolute atomic E-state index is 11.7. The highest BCUT2D eigenvalue weighted by Gasteiger charge is 2.28. The van der Waals surface area contributed by atoms with Crippen LogP contribution < -0.4 is 14.2 Å². The molecule has 5 nitrogen and oxygen atoms in total. The first-order valence-electron chi connectivity index (χ1n) is 4.83. The Labute approximate surface area is 92.5 Å². The fourth-order valence-corrected chi connectivity index (χ4v) is 1.71. The molecule has 0 aliphatic carbocycles. The van der Waals surface area contributed by atoms with Crippen LogP contribution >= 0.6 is 0 Å². The summed E-state index contributed by atoms with van der Waals surface area (Å²) >= 11 is 0. The molecule has 0 amide bonds. The quantitative estimate of drug-likeness (QED) is 0.822. The summed E-state index contributed by atoms with van der Waals surface area (Å²) in [7, 11) is 2.81. The van der Waals surface area contributed by atoms with Crippen LogP contribution in [0.3, 0.4) is 0 Å². The number of Topliss-reactive ketones (excluding diaryl/α,β-unsaturated/α-hetero) is 1. The van der Waals surface area contributed by atoms with Crippen LogP contribution in [0.15, 0.2) is 6.07 Å². The van der Waals surface area contributed by atoms with Crippen molar-refractivity contribution in [3.63, 3.8) is 0 Å². The number of methoxy groups -OCH3 is 2. The Kier molecular flexibility index (Phi) is 2.60. The molecule has 0 atom stereocenters. The first kappa shape index (κ1) is 10.6. The molecule has 0 radical (unpaired) electrons. The van der Waals surface area contributed by atoms with Crippen LogP contribution in [0.5, 0.6) is 23.0 Å². The lowest BCUT2D eigenvalue weighted by atomic mass is 10.0. The molecule has 1 aromatic carbocycles. The van der Waals surface area contributed by atoms with Crippen molar-refractivity contribution >= 4 is 5.78 Å². The number of rotatable bonds is 2. The van der Waals surface area contributed by atoms with E-state index >= 15 is 0 Å². The second-order valence-electron chi connectivity index (χ2n) is 3.36. The van der Waals surface area contributed by atoms with Gasteiger partial charge < -0.3 is 19.3 Å². The van der Waals surface area contributed by atoms with E-state index in [-0.39, 0.29) is 35.0 Å². The topological polar surface area (TPSA) is 65.0 Å². The predicted molar refractivity (Wildman–Crippen MR) is 55.7 cm³/mol. The van der Waals surface area contributed by atoms with Crippen LogP contribution in [0.4, 0.5) is 0 Å². The second kappa shape index (κ2) is 3.92. The van der Waals surface area contributed by atoms with Crippen LogP contribution in [-0.4, -0.2) is 31.7 Å². The van der Waals surface area contributed by atoms with Crippen molar-refractivity contribution in [3.8, 4) is 23.0 Å². The molecule has 2 rings (SSSR count). The van der Waals surface area contributed by atoms with Gasteiger partial charge >= 0.3 is 0 Å². The summed E-state index contributed by atoms with van der Waals surface area (Å²) in [4.78, 5) is 11.7. The van der Waals surface area contributed by atoms with Gasteiger partial charge in [0.05, 0.1) is 20.8 Å². The second-order valence-corrected chi connectivity index (χ2v) is 3.36. The van der Waals surface area contributed by atoms with E-state index in [1.54, 1.807) is 0 Å². The molecule has 0 spiro atoms. The van der Waals surface area contributed by atoms with Gasteiger partial charge in [0.1, 0.15) is 11.3 Å². The van der Waals surface area contributed by atoms with E-state index in [0.717, 1.165) is 0 Å². The van der Waals surface area contributed by atoms with Crippen LogP contribution in [0.1, 0.15) is 16.8 Å². The summed E-state index contributed by atoms with van der Waals surface area (Å²) in [6, 6.07) is 1.49. The Bertz CT molecular complexity index is 438. The van der Waals surface area contributed by atoms with Gasteiger partial charge in [-0.2, -0.15) is 0 Å². The van der Waals surface area contributed by atoms with E-state index in [1.807, 2.05) is 0 Å². The third-order valence-corrected chi connectivity index (χ3v) is 2.47. The van der Waals surface area contributed by atoms with Crippen molar-refractivity contribution in [3.05, 3.63) is 11.6 Å². The highest BCUT2D eigenvalue weighted by Crippen LogP contribution is 2.45. The van der Waals surface area contributed by atoms with E-state index in [9.17, 15) is 9.90 Å². The van der Waals surface area contributed by atoms with Crippen LogP contribution in [-0.2, 0) is 0 Å². The number of fused-ring (bicyclic) bond motifs is 1. The van der Waals surface area contributed by atoms with Crippen molar-refractivity contribution in [2.24, 2.45) is 0 Å². The number of ether oxygens (including phenoxy) is 3. The summed E-state index contributed by atoms with van der Waals surface area (Å²) in [5.41, 5.74) is 0.284. The van der Waals surface area contributed by atoms with Gasteiger partial charge in [0.2, 0.25) is 5.75 Å². The van der Waals surface area contributed by atoms with Crippen molar-refractivity contribution in [1.82, 2.24) is 0 Å². The van der Waals surface area contributed by atoms with Gasteiger partial charge in [-0.05, 0) is 0 Å². The number of carbonyl (C=O) groups excluding carboxylic acids is 1. The third kappa shape index (κ3) is 1.44. The summed E-state index contributed by atoms with van der Waals surface area (Å²) < 4.78 is 15.3. The van der Waals surface area contributed by atoms with E-state index < -0.39 is 0 Å². The molecule has 86 valence electrons. The zero-order valence-corrected chi connectivity index (χ0v) is 9.07. The number of ketones is 1. The Balaban J connectivity index is 2.68. The summed E-state index contributed by atoms with van der Waals surface area (Å²) in [6.07, 6.45) is 0.287. The molecule has 0 fully saturated rings. The predicted octanol–water partition coefficient (Wildman–Crippen LogP) is 1.37. The molecule has 0 bridgehead atoms. The Hall–Kier alpha value is -1.91. The molecular formula is C11H12O5. The maximum Gasteiger partial charge on any atom is 0.201 e. The Morgan fingerprint density at radius 1 is 1.38 bits per heavy atom. The molecule has 0 unspecified atom stereocenters. The van der Waals surface area contributed by atoms with Gasteiger partial charge in [-0.1, -0.05) is 0 Å².